The van der Waals surface area contributed by atoms with Crippen LogP contribution in [0.1, 0.15) is 18.7 Å². The van der Waals surface area contributed by atoms with Crippen molar-refractivity contribution in [2.75, 3.05) is 13.1 Å². The smallest absolute Gasteiger partial charge is 0.0843 e. The minimum atomic E-state index is 0.708. The summed E-state index contributed by atoms with van der Waals surface area (Å²) in [6, 6.07) is 10.4. The lowest BCUT2D eigenvalue weighted by Gasteiger charge is -2.07. The molecule has 0 unspecified atom stereocenters. The van der Waals surface area contributed by atoms with Crippen molar-refractivity contribution in [1.29, 1.82) is 0 Å². The van der Waals surface area contributed by atoms with Crippen molar-refractivity contribution in [2.45, 2.75) is 20.3 Å². The van der Waals surface area contributed by atoms with E-state index in [1.807, 2.05) is 11.6 Å². The predicted molar refractivity (Wildman–Crippen MR) is 79.0 cm³/mol. The zero-order valence-electron chi connectivity index (χ0n) is 11.0. The van der Waals surface area contributed by atoms with Crippen LogP contribution in [0, 0.1) is 5.92 Å². The van der Waals surface area contributed by atoms with Crippen molar-refractivity contribution in [2.24, 2.45) is 5.92 Å². The van der Waals surface area contributed by atoms with E-state index >= 15 is 0 Å². The van der Waals surface area contributed by atoms with E-state index in [4.69, 9.17) is 0 Å². The molecular formula is C15H20N2S. The maximum atomic E-state index is 4.49. The van der Waals surface area contributed by atoms with E-state index in [0.29, 0.717) is 5.92 Å². The topological polar surface area (TPSA) is 24.9 Å². The highest BCUT2D eigenvalue weighted by Crippen LogP contribution is 2.25. The number of hydrogen-bond acceptors (Lipinski definition) is 3. The van der Waals surface area contributed by atoms with E-state index in [2.05, 4.69) is 48.4 Å². The fraction of sp³-hybridized carbons (Fsp3) is 0.400. The van der Waals surface area contributed by atoms with Crippen LogP contribution >= 0.6 is 11.3 Å². The van der Waals surface area contributed by atoms with Crippen molar-refractivity contribution in [3.8, 4) is 11.3 Å². The molecule has 0 atom stereocenters. The summed E-state index contributed by atoms with van der Waals surface area (Å²) < 4.78 is 0. The molecular weight excluding hydrogens is 240 g/mol. The Hall–Kier alpha value is -1.19. The third-order valence-corrected chi connectivity index (χ3v) is 3.66. The summed E-state index contributed by atoms with van der Waals surface area (Å²) in [7, 11) is 0. The fourth-order valence-electron chi connectivity index (χ4n) is 1.87. The standard InChI is InChI=1S/C15H20N2S/c1-12(2)10-16-9-8-14-15(17-11-18-14)13-6-4-3-5-7-13/h3-7,11-12,16H,8-10H2,1-2H3. The molecule has 0 aliphatic rings. The molecule has 0 radical (unpaired) electrons. The second-order valence-electron chi connectivity index (χ2n) is 4.84. The Bertz CT molecular complexity index is 462. The molecule has 1 aromatic heterocycles. The first-order chi connectivity index (χ1) is 8.77. The molecule has 0 bridgehead atoms. The Kier molecular flexibility index (Phi) is 4.90. The van der Waals surface area contributed by atoms with Gasteiger partial charge >= 0.3 is 0 Å². The summed E-state index contributed by atoms with van der Waals surface area (Å²) in [5.41, 5.74) is 4.31. The number of aromatic nitrogens is 1. The molecule has 96 valence electrons. The van der Waals surface area contributed by atoms with Gasteiger partial charge in [0.25, 0.3) is 0 Å². The van der Waals surface area contributed by atoms with E-state index in [1.54, 1.807) is 11.3 Å². The number of rotatable bonds is 6. The van der Waals surface area contributed by atoms with Gasteiger partial charge in [0.15, 0.2) is 0 Å². The van der Waals surface area contributed by atoms with Crippen LogP contribution in [-0.4, -0.2) is 18.1 Å². The minimum Gasteiger partial charge on any atom is -0.316 e. The van der Waals surface area contributed by atoms with Crippen LogP contribution in [0.3, 0.4) is 0 Å². The lowest BCUT2D eigenvalue weighted by atomic mass is 10.1. The quantitative estimate of drug-likeness (QED) is 0.803. The molecule has 2 aromatic rings. The van der Waals surface area contributed by atoms with Crippen LogP contribution in [-0.2, 0) is 6.42 Å². The van der Waals surface area contributed by atoms with E-state index in [1.165, 1.54) is 10.4 Å². The highest BCUT2D eigenvalue weighted by Gasteiger charge is 2.07. The first-order valence-electron chi connectivity index (χ1n) is 6.46. The average Bonchev–Trinajstić information content (AvgIpc) is 2.84. The number of nitrogens with one attached hydrogen (secondary N) is 1. The zero-order valence-corrected chi connectivity index (χ0v) is 11.8. The molecule has 1 N–H and O–H groups in total. The van der Waals surface area contributed by atoms with Crippen molar-refractivity contribution in [1.82, 2.24) is 10.3 Å². The van der Waals surface area contributed by atoms with Gasteiger partial charge in [-0.3, -0.25) is 0 Å². The van der Waals surface area contributed by atoms with Gasteiger partial charge in [-0.2, -0.15) is 0 Å². The molecule has 0 saturated carbocycles. The molecule has 18 heavy (non-hydrogen) atoms. The number of nitrogens with zero attached hydrogens (tertiary/aromatic N) is 1. The zero-order chi connectivity index (χ0) is 12.8. The summed E-state index contributed by atoms with van der Waals surface area (Å²) in [6.07, 6.45) is 1.06. The highest BCUT2D eigenvalue weighted by molar-refractivity contribution is 7.10. The third kappa shape index (κ3) is 3.65. The summed E-state index contributed by atoms with van der Waals surface area (Å²) in [4.78, 5) is 5.86. The van der Waals surface area contributed by atoms with Crippen LogP contribution in [0.5, 0.6) is 0 Å². The van der Waals surface area contributed by atoms with Gasteiger partial charge in [0, 0.05) is 17.0 Å². The molecule has 3 heteroatoms. The molecule has 0 saturated heterocycles. The largest absolute Gasteiger partial charge is 0.316 e. The van der Waals surface area contributed by atoms with Crippen LogP contribution in [0.2, 0.25) is 0 Å². The van der Waals surface area contributed by atoms with E-state index in [0.717, 1.165) is 25.2 Å². The maximum absolute atomic E-state index is 4.49. The number of hydrogen-bond donors (Lipinski definition) is 1. The summed E-state index contributed by atoms with van der Waals surface area (Å²) in [5, 5.41) is 3.48. The summed E-state index contributed by atoms with van der Waals surface area (Å²) in [6.45, 7) is 6.57. The third-order valence-electron chi connectivity index (χ3n) is 2.77. The Morgan fingerprint density at radius 1 is 1.22 bits per heavy atom. The van der Waals surface area contributed by atoms with Gasteiger partial charge in [0.05, 0.1) is 11.2 Å². The molecule has 0 aliphatic carbocycles. The van der Waals surface area contributed by atoms with Gasteiger partial charge in [0.1, 0.15) is 0 Å². The van der Waals surface area contributed by atoms with Crippen LogP contribution in [0.25, 0.3) is 11.3 Å². The fourth-order valence-corrected chi connectivity index (χ4v) is 2.66. The van der Waals surface area contributed by atoms with Gasteiger partial charge < -0.3 is 5.32 Å². The van der Waals surface area contributed by atoms with Crippen LogP contribution < -0.4 is 5.32 Å². The van der Waals surface area contributed by atoms with Crippen molar-refractivity contribution in [3.63, 3.8) is 0 Å². The van der Waals surface area contributed by atoms with Crippen molar-refractivity contribution in [3.05, 3.63) is 40.7 Å². The Morgan fingerprint density at radius 3 is 2.72 bits per heavy atom. The molecule has 0 aliphatic heterocycles. The lowest BCUT2D eigenvalue weighted by molar-refractivity contribution is 0.555. The van der Waals surface area contributed by atoms with Crippen LogP contribution in [0.15, 0.2) is 35.8 Å². The summed E-state index contributed by atoms with van der Waals surface area (Å²) >= 11 is 1.75. The molecule has 0 spiro atoms. The second-order valence-corrected chi connectivity index (χ2v) is 5.78. The minimum absolute atomic E-state index is 0.708. The summed E-state index contributed by atoms with van der Waals surface area (Å²) in [5.74, 6) is 0.708. The maximum Gasteiger partial charge on any atom is 0.0843 e. The van der Waals surface area contributed by atoms with E-state index in [9.17, 15) is 0 Å². The molecule has 0 fully saturated rings. The Balaban J connectivity index is 1.96. The van der Waals surface area contributed by atoms with Crippen molar-refractivity contribution >= 4 is 11.3 Å². The molecule has 1 heterocycles. The van der Waals surface area contributed by atoms with Crippen molar-refractivity contribution < 1.29 is 0 Å². The molecule has 1 aromatic carbocycles. The average molecular weight is 260 g/mol. The first kappa shape index (κ1) is 13.2. The Morgan fingerprint density at radius 2 is 2.00 bits per heavy atom. The SMILES string of the molecule is CC(C)CNCCc1scnc1-c1ccccc1. The van der Waals surface area contributed by atoms with E-state index < -0.39 is 0 Å². The second kappa shape index (κ2) is 6.66. The van der Waals surface area contributed by atoms with Crippen LogP contribution in [0.4, 0.5) is 0 Å². The monoisotopic (exact) mass is 260 g/mol. The van der Waals surface area contributed by atoms with Gasteiger partial charge in [-0.05, 0) is 18.9 Å². The molecule has 2 nitrogen and oxygen atoms in total. The number of benzene rings is 1. The normalized spacial score (nSPS) is 11.1. The highest BCUT2D eigenvalue weighted by atomic mass is 32.1. The number of thiazole rings is 1. The predicted octanol–water partition coefficient (Wildman–Crippen LogP) is 3.60. The lowest BCUT2D eigenvalue weighted by Crippen LogP contribution is -2.22. The van der Waals surface area contributed by atoms with Gasteiger partial charge in [-0.25, -0.2) is 4.98 Å². The van der Waals surface area contributed by atoms with Gasteiger partial charge in [-0.1, -0.05) is 44.2 Å². The van der Waals surface area contributed by atoms with E-state index in [-0.39, 0.29) is 0 Å². The molecule has 2 rings (SSSR count). The first-order valence-corrected chi connectivity index (χ1v) is 7.34. The molecule has 0 amide bonds. The van der Waals surface area contributed by atoms with Gasteiger partial charge in [0.2, 0.25) is 0 Å². The van der Waals surface area contributed by atoms with Gasteiger partial charge in [-0.15, -0.1) is 11.3 Å². The Labute approximate surface area is 113 Å².